The van der Waals surface area contributed by atoms with Gasteiger partial charge in [0.2, 0.25) is 0 Å². The lowest BCUT2D eigenvalue weighted by atomic mass is 10.1. The molecule has 0 bridgehead atoms. The van der Waals surface area contributed by atoms with Crippen LogP contribution in [0, 0.1) is 0 Å². The highest BCUT2D eigenvalue weighted by Crippen LogP contribution is 2.28. The molecular formula is C14H22O5. The van der Waals surface area contributed by atoms with Gasteiger partial charge in [-0.3, -0.25) is 0 Å². The monoisotopic (exact) mass is 270 g/mol. The standard InChI is InChI=1S/C10H14O2.C4H8O3/c1-2-3-5-8-6-4-7-9(11)10(8)12;1-2-7-4(6)3-5/h4,6-7,11-12H,2-3,5H2,1H3;5H,2-3H2,1H3. The zero-order valence-electron chi connectivity index (χ0n) is 11.4. The normalized spacial score (nSPS) is 9.42. The summed E-state index contributed by atoms with van der Waals surface area (Å²) in [4.78, 5) is 9.94. The Morgan fingerprint density at radius 1 is 1.26 bits per heavy atom. The minimum absolute atomic E-state index is 0.0244. The molecule has 0 amide bonds. The average molecular weight is 270 g/mol. The molecule has 1 aromatic rings. The number of ether oxygens (including phenoxy) is 1. The van der Waals surface area contributed by atoms with Crippen LogP contribution in [-0.2, 0) is 16.0 Å². The predicted octanol–water partition coefficient (Wildman–Crippen LogP) is 1.98. The Balaban J connectivity index is 0.000000399. The van der Waals surface area contributed by atoms with Crippen molar-refractivity contribution >= 4 is 5.97 Å². The Morgan fingerprint density at radius 2 is 1.95 bits per heavy atom. The van der Waals surface area contributed by atoms with Gasteiger partial charge in [0.05, 0.1) is 6.61 Å². The summed E-state index contributed by atoms with van der Waals surface area (Å²) in [5.74, 6) is -0.558. The van der Waals surface area contributed by atoms with Crippen molar-refractivity contribution in [3.05, 3.63) is 23.8 Å². The number of para-hydroxylation sites is 1. The maximum absolute atomic E-state index is 9.94. The van der Waals surface area contributed by atoms with Gasteiger partial charge in [0, 0.05) is 0 Å². The van der Waals surface area contributed by atoms with Crippen molar-refractivity contribution in [2.75, 3.05) is 13.2 Å². The number of aryl methyl sites for hydroxylation is 1. The van der Waals surface area contributed by atoms with E-state index < -0.39 is 12.6 Å². The Hall–Kier alpha value is -1.75. The van der Waals surface area contributed by atoms with E-state index in [1.807, 2.05) is 6.07 Å². The first-order chi connectivity index (χ1) is 9.06. The van der Waals surface area contributed by atoms with Gasteiger partial charge in [0.1, 0.15) is 6.61 Å². The molecule has 1 rings (SSSR count). The zero-order valence-corrected chi connectivity index (χ0v) is 11.4. The van der Waals surface area contributed by atoms with Gasteiger partial charge in [0.15, 0.2) is 11.5 Å². The van der Waals surface area contributed by atoms with Crippen LogP contribution in [0.4, 0.5) is 0 Å². The lowest BCUT2D eigenvalue weighted by Gasteiger charge is -2.04. The van der Waals surface area contributed by atoms with E-state index in [0.717, 1.165) is 24.8 Å². The SMILES string of the molecule is CCCCc1cccc(O)c1O.CCOC(=O)CO. The molecular weight excluding hydrogens is 248 g/mol. The average Bonchev–Trinajstić information content (AvgIpc) is 2.41. The van der Waals surface area contributed by atoms with Crippen molar-refractivity contribution < 1.29 is 24.9 Å². The van der Waals surface area contributed by atoms with Gasteiger partial charge in [-0.1, -0.05) is 25.5 Å². The number of carbonyl (C=O) groups excluding carboxylic acids is 1. The van der Waals surface area contributed by atoms with Gasteiger partial charge in [-0.2, -0.15) is 0 Å². The number of benzene rings is 1. The molecule has 0 radical (unpaired) electrons. The number of hydrogen-bond acceptors (Lipinski definition) is 5. The summed E-state index contributed by atoms with van der Waals surface area (Å²) in [7, 11) is 0. The molecule has 0 aromatic heterocycles. The van der Waals surface area contributed by atoms with E-state index in [2.05, 4.69) is 11.7 Å². The molecule has 0 aliphatic carbocycles. The minimum Gasteiger partial charge on any atom is -0.504 e. The van der Waals surface area contributed by atoms with Gasteiger partial charge in [-0.25, -0.2) is 4.79 Å². The van der Waals surface area contributed by atoms with Crippen LogP contribution in [0.3, 0.4) is 0 Å². The van der Waals surface area contributed by atoms with Gasteiger partial charge >= 0.3 is 5.97 Å². The van der Waals surface area contributed by atoms with Gasteiger partial charge < -0.3 is 20.1 Å². The van der Waals surface area contributed by atoms with Crippen molar-refractivity contribution in [3.8, 4) is 11.5 Å². The summed E-state index contributed by atoms with van der Waals surface area (Å²) in [6.45, 7) is 3.60. The zero-order chi connectivity index (χ0) is 14.7. The number of aliphatic hydroxyl groups is 1. The summed E-state index contributed by atoms with van der Waals surface area (Å²) >= 11 is 0. The summed E-state index contributed by atoms with van der Waals surface area (Å²) in [5.41, 5.74) is 0.830. The molecule has 0 unspecified atom stereocenters. The molecule has 19 heavy (non-hydrogen) atoms. The fourth-order valence-electron chi connectivity index (χ4n) is 1.35. The number of carbonyl (C=O) groups is 1. The number of phenols is 2. The van der Waals surface area contributed by atoms with Gasteiger partial charge in [-0.05, 0) is 31.4 Å². The summed E-state index contributed by atoms with van der Waals surface area (Å²) in [5, 5.41) is 26.5. The summed E-state index contributed by atoms with van der Waals surface area (Å²) in [6, 6.07) is 5.08. The number of rotatable bonds is 5. The smallest absolute Gasteiger partial charge is 0.331 e. The maximum atomic E-state index is 9.94. The molecule has 0 spiro atoms. The first kappa shape index (κ1) is 17.2. The first-order valence-electron chi connectivity index (χ1n) is 6.33. The molecule has 3 N–H and O–H groups in total. The number of esters is 1. The Kier molecular flexibility index (Phi) is 9.26. The van der Waals surface area contributed by atoms with Crippen LogP contribution in [-0.4, -0.2) is 34.5 Å². The van der Waals surface area contributed by atoms with E-state index in [-0.39, 0.29) is 11.5 Å². The molecule has 0 aliphatic heterocycles. The van der Waals surface area contributed by atoms with Crippen LogP contribution in [0.1, 0.15) is 32.3 Å². The second-order valence-electron chi connectivity index (χ2n) is 3.85. The van der Waals surface area contributed by atoms with Crippen molar-refractivity contribution in [1.29, 1.82) is 0 Å². The van der Waals surface area contributed by atoms with Gasteiger partial charge in [-0.15, -0.1) is 0 Å². The Morgan fingerprint density at radius 3 is 2.42 bits per heavy atom. The number of aromatic hydroxyl groups is 2. The minimum atomic E-state index is -0.567. The predicted molar refractivity (Wildman–Crippen MR) is 72.1 cm³/mol. The highest BCUT2D eigenvalue weighted by atomic mass is 16.5. The second-order valence-corrected chi connectivity index (χ2v) is 3.85. The highest BCUT2D eigenvalue weighted by molar-refractivity contribution is 5.70. The van der Waals surface area contributed by atoms with Crippen molar-refractivity contribution in [2.45, 2.75) is 33.1 Å². The first-order valence-corrected chi connectivity index (χ1v) is 6.33. The van der Waals surface area contributed by atoms with Crippen molar-refractivity contribution in [1.82, 2.24) is 0 Å². The molecule has 0 fully saturated rings. The topological polar surface area (TPSA) is 87.0 Å². The van der Waals surface area contributed by atoms with E-state index in [9.17, 15) is 9.90 Å². The largest absolute Gasteiger partial charge is 0.504 e. The number of hydrogen-bond donors (Lipinski definition) is 3. The second kappa shape index (κ2) is 10.2. The quantitative estimate of drug-likeness (QED) is 0.562. The molecule has 0 heterocycles. The fourth-order valence-corrected chi connectivity index (χ4v) is 1.35. The van der Waals surface area contributed by atoms with Crippen LogP contribution in [0.25, 0.3) is 0 Å². The number of unbranched alkanes of at least 4 members (excludes halogenated alkanes) is 1. The molecule has 0 saturated carbocycles. The van der Waals surface area contributed by atoms with E-state index in [0.29, 0.717) is 6.61 Å². The molecule has 108 valence electrons. The lowest BCUT2D eigenvalue weighted by Crippen LogP contribution is -2.07. The summed E-state index contributed by atoms with van der Waals surface area (Å²) in [6.07, 6.45) is 2.96. The maximum Gasteiger partial charge on any atom is 0.331 e. The highest BCUT2D eigenvalue weighted by Gasteiger charge is 2.03. The van der Waals surface area contributed by atoms with E-state index >= 15 is 0 Å². The third-order valence-corrected chi connectivity index (χ3v) is 2.33. The molecule has 0 atom stereocenters. The molecule has 0 aliphatic rings. The van der Waals surface area contributed by atoms with Crippen LogP contribution >= 0.6 is 0 Å². The van der Waals surface area contributed by atoms with Crippen molar-refractivity contribution in [3.63, 3.8) is 0 Å². The lowest BCUT2D eigenvalue weighted by molar-refractivity contribution is -0.146. The third kappa shape index (κ3) is 7.31. The van der Waals surface area contributed by atoms with Crippen LogP contribution in [0.5, 0.6) is 11.5 Å². The van der Waals surface area contributed by atoms with Crippen molar-refractivity contribution in [2.24, 2.45) is 0 Å². The van der Waals surface area contributed by atoms with Crippen LogP contribution in [0.15, 0.2) is 18.2 Å². The molecule has 5 heteroatoms. The Bertz CT molecular complexity index is 376. The fraction of sp³-hybridized carbons (Fsp3) is 0.500. The van der Waals surface area contributed by atoms with Crippen LogP contribution in [0.2, 0.25) is 0 Å². The number of aliphatic hydroxyl groups excluding tert-OH is 1. The molecule has 5 nitrogen and oxygen atoms in total. The summed E-state index contributed by atoms with van der Waals surface area (Å²) < 4.78 is 4.30. The van der Waals surface area contributed by atoms with Gasteiger partial charge in [0.25, 0.3) is 0 Å². The Labute approximate surface area is 113 Å². The van der Waals surface area contributed by atoms with E-state index in [4.69, 9.17) is 10.2 Å². The van der Waals surface area contributed by atoms with E-state index in [1.165, 1.54) is 6.07 Å². The third-order valence-electron chi connectivity index (χ3n) is 2.33. The molecule has 0 saturated heterocycles. The molecule has 1 aromatic carbocycles. The van der Waals surface area contributed by atoms with E-state index in [1.54, 1.807) is 13.0 Å². The van der Waals surface area contributed by atoms with Crippen LogP contribution < -0.4 is 0 Å². The number of phenolic OH excluding ortho intramolecular Hbond substituents is 2.